The molecule has 3 atom stereocenters. The summed E-state index contributed by atoms with van der Waals surface area (Å²) < 4.78 is 0. The van der Waals surface area contributed by atoms with Crippen molar-refractivity contribution in [3.05, 3.63) is 0 Å². The van der Waals surface area contributed by atoms with Crippen LogP contribution in [0.3, 0.4) is 0 Å². The molecule has 2 aliphatic rings. The quantitative estimate of drug-likeness (QED) is 0.472. The Morgan fingerprint density at radius 3 is 2.67 bits per heavy atom. The summed E-state index contributed by atoms with van der Waals surface area (Å²) in [5.74, 6) is 1.65. The lowest BCUT2D eigenvalue weighted by Crippen LogP contribution is -2.32. The minimum absolute atomic E-state index is 0.321. The first-order valence-electron chi connectivity index (χ1n) is 3.43. The maximum absolute atomic E-state index is 10.8. The van der Waals surface area contributed by atoms with E-state index in [0.717, 1.165) is 19.3 Å². The maximum atomic E-state index is 10.8. The summed E-state index contributed by atoms with van der Waals surface area (Å²) in [6.45, 7) is 0. The van der Waals surface area contributed by atoms with Crippen molar-refractivity contribution < 1.29 is 4.79 Å². The molecule has 1 nitrogen and oxygen atoms in total. The van der Waals surface area contributed by atoms with Crippen LogP contribution >= 0.6 is 11.6 Å². The lowest BCUT2D eigenvalue weighted by atomic mass is 9.76. The summed E-state index contributed by atoms with van der Waals surface area (Å²) in [5, 5.41) is 0.321. The third-order valence-electron chi connectivity index (χ3n) is 2.55. The smallest absolute Gasteiger partial charge is 0.133 e. The van der Waals surface area contributed by atoms with E-state index in [4.69, 9.17) is 11.6 Å². The molecule has 9 heavy (non-hydrogen) atoms. The van der Waals surface area contributed by atoms with Gasteiger partial charge in [0, 0.05) is 18.2 Å². The number of fused-ring (bicyclic) bond motifs is 1. The van der Waals surface area contributed by atoms with Crippen molar-refractivity contribution in [3.8, 4) is 0 Å². The van der Waals surface area contributed by atoms with E-state index in [2.05, 4.69) is 0 Å². The maximum Gasteiger partial charge on any atom is 0.133 e. The number of ketones is 1. The predicted octanol–water partition coefficient (Wildman–Crippen LogP) is 1.59. The molecule has 50 valence electrons. The average molecular weight is 145 g/mol. The highest BCUT2D eigenvalue weighted by Crippen LogP contribution is 2.47. The van der Waals surface area contributed by atoms with Gasteiger partial charge in [0.05, 0.1) is 0 Å². The molecule has 0 unspecified atom stereocenters. The molecule has 2 heteroatoms. The zero-order valence-corrected chi connectivity index (χ0v) is 5.90. The second-order valence-corrected chi connectivity index (χ2v) is 3.68. The monoisotopic (exact) mass is 144 g/mol. The van der Waals surface area contributed by atoms with E-state index in [-0.39, 0.29) is 0 Å². The molecule has 0 radical (unpaired) electrons. The molecule has 0 aromatic heterocycles. The van der Waals surface area contributed by atoms with Gasteiger partial charge in [0.15, 0.2) is 0 Å². The molecule has 2 aliphatic carbocycles. The van der Waals surface area contributed by atoms with Gasteiger partial charge in [-0.1, -0.05) is 0 Å². The average Bonchev–Trinajstić information content (AvgIpc) is 2.08. The van der Waals surface area contributed by atoms with Crippen molar-refractivity contribution in [2.75, 3.05) is 0 Å². The van der Waals surface area contributed by atoms with Gasteiger partial charge in [0.25, 0.3) is 0 Å². The number of Topliss-reactive ketones (excluding diaryl/α,β-unsaturated/α-hetero) is 1. The third-order valence-corrected chi connectivity index (χ3v) is 3.05. The number of rotatable bonds is 0. The molecule has 0 N–H and O–H groups in total. The summed E-state index contributed by atoms with van der Waals surface area (Å²) in [6, 6.07) is 0. The van der Waals surface area contributed by atoms with Crippen LogP contribution in [0.15, 0.2) is 0 Å². The van der Waals surface area contributed by atoms with E-state index < -0.39 is 0 Å². The standard InChI is InChI=1S/C7H9ClO/c8-7-2-4-1-5(9)3-6(4)7/h4,6-7H,1-3H2/t4-,6-,7-/m1/s1. The largest absolute Gasteiger partial charge is 0.300 e. The van der Waals surface area contributed by atoms with Crippen LogP contribution in [-0.4, -0.2) is 11.2 Å². The van der Waals surface area contributed by atoms with Crippen molar-refractivity contribution >= 4 is 17.4 Å². The highest BCUT2D eigenvalue weighted by molar-refractivity contribution is 6.21. The fourth-order valence-electron chi connectivity index (χ4n) is 1.91. The molecule has 2 saturated carbocycles. The fourth-order valence-corrected chi connectivity index (χ4v) is 2.43. The molecule has 0 bridgehead atoms. The molecule has 0 aromatic rings. The Morgan fingerprint density at radius 1 is 1.44 bits per heavy atom. The second kappa shape index (κ2) is 1.72. The molecule has 0 aromatic carbocycles. The number of hydrogen-bond donors (Lipinski definition) is 0. The Morgan fingerprint density at radius 2 is 2.22 bits per heavy atom. The van der Waals surface area contributed by atoms with Crippen molar-refractivity contribution in [3.63, 3.8) is 0 Å². The summed E-state index contributed by atoms with van der Waals surface area (Å²) in [6.07, 6.45) is 2.66. The Kier molecular flexibility index (Phi) is 1.10. The lowest BCUT2D eigenvalue weighted by molar-refractivity contribution is -0.117. The Bertz CT molecular complexity index is 155. The number of carbonyl (C=O) groups excluding carboxylic acids is 1. The van der Waals surface area contributed by atoms with E-state index in [0.29, 0.717) is 23.0 Å². The van der Waals surface area contributed by atoms with E-state index >= 15 is 0 Å². The molecule has 2 rings (SSSR count). The van der Waals surface area contributed by atoms with Gasteiger partial charge in [-0.05, 0) is 18.3 Å². The van der Waals surface area contributed by atoms with Gasteiger partial charge < -0.3 is 0 Å². The van der Waals surface area contributed by atoms with Crippen LogP contribution in [0.4, 0.5) is 0 Å². The third kappa shape index (κ3) is 0.710. The number of alkyl halides is 1. The van der Waals surface area contributed by atoms with Crippen LogP contribution in [-0.2, 0) is 4.79 Å². The molecule has 0 heterocycles. The molecule has 0 spiro atoms. The second-order valence-electron chi connectivity index (χ2n) is 3.12. The number of halogens is 1. The van der Waals surface area contributed by atoms with Crippen LogP contribution in [0.1, 0.15) is 19.3 Å². The van der Waals surface area contributed by atoms with Gasteiger partial charge in [-0.15, -0.1) is 11.6 Å². The van der Waals surface area contributed by atoms with Gasteiger partial charge in [-0.3, -0.25) is 4.79 Å². The number of hydrogen-bond acceptors (Lipinski definition) is 1. The Labute approximate surface area is 59.4 Å². The summed E-state index contributed by atoms with van der Waals surface area (Å²) in [7, 11) is 0. The van der Waals surface area contributed by atoms with Crippen LogP contribution in [0.5, 0.6) is 0 Å². The normalized spacial score (nSPS) is 48.6. The first kappa shape index (κ1) is 5.72. The van der Waals surface area contributed by atoms with Gasteiger partial charge >= 0.3 is 0 Å². The van der Waals surface area contributed by atoms with Gasteiger partial charge in [-0.25, -0.2) is 0 Å². The van der Waals surface area contributed by atoms with Gasteiger partial charge in [0.2, 0.25) is 0 Å². The summed E-state index contributed by atoms with van der Waals surface area (Å²) in [5.41, 5.74) is 0. The zero-order valence-electron chi connectivity index (χ0n) is 5.14. The van der Waals surface area contributed by atoms with Crippen LogP contribution in [0.2, 0.25) is 0 Å². The molecule has 2 fully saturated rings. The first-order chi connectivity index (χ1) is 4.27. The van der Waals surface area contributed by atoms with E-state index in [1.807, 2.05) is 0 Å². The van der Waals surface area contributed by atoms with Gasteiger partial charge in [-0.2, -0.15) is 0 Å². The van der Waals surface area contributed by atoms with Crippen molar-refractivity contribution in [1.29, 1.82) is 0 Å². The minimum atomic E-state index is 0.321. The highest BCUT2D eigenvalue weighted by Gasteiger charge is 2.46. The molecule has 0 amide bonds. The van der Waals surface area contributed by atoms with E-state index in [1.165, 1.54) is 0 Å². The fraction of sp³-hybridized carbons (Fsp3) is 0.857. The molecular weight excluding hydrogens is 136 g/mol. The van der Waals surface area contributed by atoms with Crippen molar-refractivity contribution in [2.24, 2.45) is 11.8 Å². The highest BCUT2D eigenvalue weighted by atomic mass is 35.5. The summed E-state index contributed by atoms with van der Waals surface area (Å²) in [4.78, 5) is 10.8. The minimum Gasteiger partial charge on any atom is -0.300 e. The predicted molar refractivity (Wildman–Crippen MR) is 35.5 cm³/mol. The van der Waals surface area contributed by atoms with E-state index in [1.54, 1.807) is 0 Å². The molecule has 0 saturated heterocycles. The van der Waals surface area contributed by atoms with Crippen LogP contribution < -0.4 is 0 Å². The van der Waals surface area contributed by atoms with Crippen LogP contribution in [0, 0.1) is 11.8 Å². The Balaban J connectivity index is 2.08. The van der Waals surface area contributed by atoms with Crippen molar-refractivity contribution in [2.45, 2.75) is 24.6 Å². The van der Waals surface area contributed by atoms with Crippen molar-refractivity contribution in [1.82, 2.24) is 0 Å². The number of carbonyl (C=O) groups is 1. The molecule has 0 aliphatic heterocycles. The van der Waals surface area contributed by atoms with E-state index in [9.17, 15) is 4.79 Å². The van der Waals surface area contributed by atoms with Gasteiger partial charge in [0.1, 0.15) is 5.78 Å². The SMILES string of the molecule is O=C1C[C@@H]2C[C@@H](Cl)[C@@H]2C1. The topological polar surface area (TPSA) is 17.1 Å². The zero-order chi connectivity index (χ0) is 6.43. The molecular formula is C7H9ClO. The lowest BCUT2D eigenvalue weighted by Gasteiger charge is -2.34. The first-order valence-corrected chi connectivity index (χ1v) is 3.87. The van der Waals surface area contributed by atoms with Crippen LogP contribution in [0.25, 0.3) is 0 Å². The Hall–Kier alpha value is -0.0400. The summed E-state index contributed by atoms with van der Waals surface area (Å²) >= 11 is 5.86.